The molecule has 2 atom stereocenters. The standard InChI is InChI=1S/C15H14FNO2S/c16-15-10(9-17)3-1-6-14(15)11-7-12-4-2-5-13(8-11)20(12,18)19/h1,3,6-7,12-13H,2,4-5,8H2. The molecular weight excluding hydrogens is 277 g/mol. The van der Waals surface area contributed by atoms with Crippen LogP contribution in [0.4, 0.5) is 4.39 Å². The van der Waals surface area contributed by atoms with E-state index in [9.17, 15) is 12.8 Å². The maximum Gasteiger partial charge on any atom is 0.159 e. The summed E-state index contributed by atoms with van der Waals surface area (Å²) in [5.74, 6) is -0.543. The first-order valence-corrected chi connectivity index (χ1v) is 8.27. The van der Waals surface area contributed by atoms with Crippen LogP contribution in [0.5, 0.6) is 0 Å². The molecule has 0 N–H and O–H groups in total. The molecule has 0 aliphatic carbocycles. The molecule has 1 aromatic rings. The van der Waals surface area contributed by atoms with Gasteiger partial charge in [0, 0.05) is 5.56 Å². The van der Waals surface area contributed by atoms with Crippen LogP contribution in [0.15, 0.2) is 24.3 Å². The van der Waals surface area contributed by atoms with Crippen LogP contribution in [-0.4, -0.2) is 18.9 Å². The number of sulfone groups is 1. The van der Waals surface area contributed by atoms with Crippen LogP contribution in [0.3, 0.4) is 0 Å². The minimum absolute atomic E-state index is 0.00184. The summed E-state index contributed by atoms with van der Waals surface area (Å²) in [5.41, 5.74) is 1.10. The molecule has 1 fully saturated rings. The van der Waals surface area contributed by atoms with E-state index in [0.717, 1.165) is 12.0 Å². The summed E-state index contributed by atoms with van der Waals surface area (Å²) in [4.78, 5) is 0. The van der Waals surface area contributed by atoms with Crippen LogP contribution >= 0.6 is 0 Å². The maximum absolute atomic E-state index is 14.2. The molecule has 0 saturated carbocycles. The Morgan fingerprint density at radius 2 is 2.10 bits per heavy atom. The predicted molar refractivity (Wildman–Crippen MR) is 74.1 cm³/mol. The normalized spacial score (nSPS) is 27.5. The van der Waals surface area contributed by atoms with Gasteiger partial charge in [-0.3, -0.25) is 0 Å². The molecule has 3 rings (SSSR count). The van der Waals surface area contributed by atoms with Crippen LogP contribution in [-0.2, 0) is 9.84 Å². The lowest BCUT2D eigenvalue weighted by atomic mass is 9.92. The molecule has 20 heavy (non-hydrogen) atoms. The molecule has 1 aromatic carbocycles. The van der Waals surface area contributed by atoms with Crippen LogP contribution in [0, 0.1) is 17.1 Å². The van der Waals surface area contributed by atoms with E-state index in [-0.39, 0.29) is 5.56 Å². The van der Waals surface area contributed by atoms with E-state index < -0.39 is 26.2 Å². The SMILES string of the molecule is N#Cc1cccc(C2=CC3CCCC(C2)S3(=O)=O)c1F. The summed E-state index contributed by atoms with van der Waals surface area (Å²) >= 11 is 0. The maximum atomic E-state index is 14.2. The average molecular weight is 291 g/mol. The molecule has 2 aliphatic heterocycles. The van der Waals surface area contributed by atoms with Crippen LogP contribution in [0.2, 0.25) is 0 Å². The third kappa shape index (κ3) is 1.95. The Bertz CT molecular complexity index is 731. The first-order valence-electron chi connectivity index (χ1n) is 6.66. The second kappa shape index (κ2) is 4.71. The lowest BCUT2D eigenvalue weighted by Crippen LogP contribution is -2.38. The Hall–Kier alpha value is -1.67. The summed E-state index contributed by atoms with van der Waals surface area (Å²) in [6.45, 7) is 0. The number of hydrogen-bond acceptors (Lipinski definition) is 3. The Morgan fingerprint density at radius 1 is 1.30 bits per heavy atom. The summed E-state index contributed by atoms with van der Waals surface area (Å²) in [6, 6.07) is 6.51. The molecule has 0 radical (unpaired) electrons. The van der Waals surface area contributed by atoms with E-state index in [1.165, 1.54) is 6.07 Å². The zero-order valence-electron chi connectivity index (χ0n) is 10.8. The number of allylic oxidation sites excluding steroid dienone is 1. The van der Waals surface area contributed by atoms with Crippen molar-refractivity contribution in [2.45, 2.75) is 36.2 Å². The largest absolute Gasteiger partial charge is 0.228 e. The van der Waals surface area contributed by atoms with Gasteiger partial charge in [-0.15, -0.1) is 0 Å². The Kier molecular flexibility index (Phi) is 3.14. The molecule has 3 nitrogen and oxygen atoms in total. The van der Waals surface area contributed by atoms with Crippen molar-refractivity contribution in [2.24, 2.45) is 0 Å². The number of halogens is 1. The van der Waals surface area contributed by atoms with Gasteiger partial charge >= 0.3 is 0 Å². The van der Waals surface area contributed by atoms with Crippen LogP contribution in [0.25, 0.3) is 5.57 Å². The van der Waals surface area contributed by atoms with E-state index in [1.807, 2.05) is 6.07 Å². The molecule has 2 aliphatic rings. The molecule has 1 saturated heterocycles. The topological polar surface area (TPSA) is 57.9 Å². The molecule has 0 spiro atoms. The predicted octanol–water partition coefficient (Wildman–Crippen LogP) is 2.82. The van der Waals surface area contributed by atoms with Crippen molar-refractivity contribution in [2.75, 3.05) is 0 Å². The third-order valence-corrected chi connectivity index (χ3v) is 6.75. The molecule has 104 valence electrons. The van der Waals surface area contributed by atoms with Crippen molar-refractivity contribution in [3.8, 4) is 6.07 Å². The Balaban J connectivity index is 2.09. The van der Waals surface area contributed by atoms with Crippen molar-refractivity contribution < 1.29 is 12.8 Å². The Labute approximate surface area is 117 Å². The highest BCUT2D eigenvalue weighted by Crippen LogP contribution is 2.39. The summed E-state index contributed by atoms with van der Waals surface area (Å²) < 4.78 is 38.6. The highest BCUT2D eigenvalue weighted by atomic mass is 32.2. The highest BCUT2D eigenvalue weighted by Gasteiger charge is 2.40. The van der Waals surface area contributed by atoms with Gasteiger partial charge in [0.15, 0.2) is 9.84 Å². The van der Waals surface area contributed by atoms with Gasteiger partial charge < -0.3 is 0 Å². The second-order valence-electron chi connectivity index (χ2n) is 5.36. The summed E-state index contributed by atoms with van der Waals surface area (Å²) in [5, 5.41) is 7.99. The first-order chi connectivity index (χ1) is 9.54. The van der Waals surface area contributed by atoms with Crippen molar-refractivity contribution >= 4 is 15.4 Å². The monoisotopic (exact) mass is 291 g/mol. The van der Waals surface area contributed by atoms with Crippen LogP contribution < -0.4 is 0 Å². The van der Waals surface area contributed by atoms with Gasteiger partial charge in [-0.25, -0.2) is 12.8 Å². The smallest absolute Gasteiger partial charge is 0.159 e. The van der Waals surface area contributed by atoms with Gasteiger partial charge in [-0.1, -0.05) is 24.6 Å². The minimum Gasteiger partial charge on any atom is -0.228 e. The number of nitrogens with zero attached hydrogens (tertiary/aromatic N) is 1. The van der Waals surface area contributed by atoms with Crippen molar-refractivity contribution in [1.29, 1.82) is 5.26 Å². The minimum atomic E-state index is -3.10. The number of fused-ring (bicyclic) bond motifs is 2. The fourth-order valence-corrected chi connectivity index (χ4v) is 5.37. The quantitative estimate of drug-likeness (QED) is 0.799. The number of hydrogen-bond donors (Lipinski definition) is 0. The van der Waals surface area contributed by atoms with E-state index in [1.54, 1.807) is 18.2 Å². The number of nitriles is 1. The third-order valence-electron chi connectivity index (χ3n) is 4.20. The lowest BCUT2D eigenvalue weighted by Gasteiger charge is -2.33. The number of benzene rings is 1. The van der Waals surface area contributed by atoms with Crippen LogP contribution in [0.1, 0.15) is 36.8 Å². The molecule has 2 unspecified atom stereocenters. The zero-order chi connectivity index (χ0) is 14.3. The summed E-state index contributed by atoms with van der Waals surface area (Å²) in [6.07, 6.45) is 4.20. The van der Waals surface area contributed by atoms with E-state index >= 15 is 0 Å². The van der Waals surface area contributed by atoms with Gasteiger partial charge in [-0.2, -0.15) is 5.26 Å². The zero-order valence-corrected chi connectivity index (χ0v) is 11.7. The molecule has 5 heteroatoms. The van der Waals surface area contributed by atoms with Crippen molar-refractivity contribution in [3.05, 3.63) is 41.2 Å². The van der Waals surface area contributed by atoms with Gasteiger partial charge in [0.05, 0.1) is 16.1 Å². The van der Waals surface area contributed by atoms with Crippen molar-refractivity contribution in [1.82, 2.24) is 0 Å². The molecule has 2 bridgehead atoms. The van der Waals surface area contributed by atoms with E-state index in [4.69, 9.17) is 5.26 Å². The van der Waals surface area contributed by atoms with Crippen molar-refractivity contribution in [3.63, 3.8) is 0 Å². The average Bonchev–Trinajstić information content (AvgIpc) is 2.38. The van der Waals surface area contributed by atoms with Gasteiger partial charge in [0.1, 0.15) is 11.9 Å². The lowest BCUT2D eigenvalue weighted by molar-refractivity contribution is 0.517. The second-order valence-corrected chi connectivity index (χ2v) is 7.81. The molecule has 0 aromatic heterocycles. The van der Waals surface area contributed by atoms with Gasteiger partial charge in [-0.05, 0) is 30.9 Å². The molecule has 2 heterocycles. The summed E-state index contributed by atoms with van der Waals surface area (Å²) in [7, 11) is -3.10. The fraction of sp³-hybridized carbons (Fsp3) is 0.400. The van der Waals surface area contributed by atoms with E-state index in [0.29, 0.717) is 24.8 Å². The molecular formula is C15H14FNO2S. The van der Waals surface area contributed by atoms with E-state index in [2.05, 4.69) is 0 Å². The molecule has 0 amide bonds. The van der Waals surface area contributed by atoms with Gasteiger partial charge in [0.25, 0.3) is 0 Å². The fourth-order valence-electron chi connectivity index (χ4n) is 3.12. The first kappa shape index (κ1) is 13.3. The highest BCUT2D eigenvalue weighted by molar-refractivity contribution is 7.93. The number of rotatable bonds is 1. The Morgan fingerprint density at radius 3 is 2.80 bits per heavy atom. The van der Waals surface area contributed by atoms with Gasteiger partial charge in [0.2, 0.25) is 0 Å².